The van der Waals surface area contributed by atoms with Gasteiger partial charge in [0.2, 0.25) is 0 Å². The van der Waals surface area contributed by atoms with Gasteiger partial charge >= 0.3 is 0 Å². The second-order valence-corrected chi connectivity index (χ2v) is 9.65. The van der Waals surface area contributed by atoms with Crippen molar-refractivity contribution in [1.82, 2.24) is 35.1 Å². The van der Waals surface area contributed by atoms with Crippen molar-refractivity contribution in [2.24, 2.45) is 0 Å². The molecule has 1 fully saturated rings. The number of piperidine rings is 1. The quantitative estimate of drug-likeness (QED) is 0.651. The number of aryl methyl sites for hydroxylation is 3. The van der Waals surface area contributed by atoms with Crippen LogP contribution < -0.4 is 0 Å². The Morgan fingerprint density at radius 2 is 2.33 bits per heavy atom. The fourth-order valence-corrected chi connectivity index (χ4v) is 5.99. The minimum Gasteiger partial charge on any atom is -0.370 e. The smallest absolute Gasteiger partial charge is 0.137 e. The highest BCUT2D eigenvalue weighted by atomic mass is 32.1. The summed E-state index contributed by atoms with van der Waals surface area (Å²) in [5.74, 6) is 0.869. The summed E-state index contributed by atoms with van der Waals surface area (Å²) in [5, 5.41) is 15.4. The van der Waals surface area contributed by atoms with Crippen molar-refractivity contribution in [2.75, 3.05) is 13.2 Å². The van der Waals surface area contributed by atoms with Crippen molar-refractivity contribution < 1.29 is 4.74 Å². The van der Waals surface area contributed by atoms with Crippen LogP contribution in [0.4, 0.5) is 0 Å². The summed E-state index contributed by atoms with van der Waals surface area (Å²) in [6, 6.07) is 2.86. The van der Waals surface area contributed by atoms with Gasteiger partial charge in [-0.1, -0.05) is 12.1 Å². The fourth-order valence-electron chi connectivity index (χ4n) is 4.81. The van der Waals surface area contributed by atoms with E-state index in [-0.39, 0.29) is 5.60 Å². The molecule has 0 amide bonds. The van der Waals surface area contributed by atoms with Gasteiger partial charge in [-0.15, -0.1) is 16.4 Å². The average molecular weight is 428 g/mol. The molecule has 30 heavy (non-hydrogen) atoms. The van der Waals surface area contributed by atoms with Gasteiger partial charge in [0.05, 0.1) is 17.9 Å². The molecule has 2 aliphatic rings. The van der Waals surface area contributed by atoms with Crippen molar-refractivity contribution in [3.05, 3.63) is 45.4 Å². The molecule has 8 nitrogen and oxygen atoms in total. The molecule has 3 aromatic heterocycles. The Bertz CT molecular complexity index is 982. The van der Waals surface area contributed by atoms with Crippen LogP contribution in [0, 0.1) is 0 Å². The predicted molar refractivity (Wildman–Crippen MR) is 114 cm³/mol. The van der Waals surface area contributed by atoms with Crippen LogP contribution in [0.2, 0.25) is 0 Å². The number of aromatic nitrogens is 6. The van der Waals surface area contributed by atoms with Gasteiger partial charge in [-0.05, 0) is 37.8 Å². The molecule has 2 atom stereocenters. The summed E-state index contributed by atoms with van der Waals surface area (Å²) in [6.45, 7) is 8.01. The first-order valence-electron chi connectivity index (χ1n) is 10.9. The summed E-state index contributed by atoms with van der Waals surface area (Å²) in [7, 11) is 0. The van der Waals surface area contributed by atoms with Gasteiger partial charge < -0.3 is 4.74 Å². The normalized spacial score (nSPS) is 24.4. The number of ether oxygens (including phenoxy) is 1. The highest BCUT2D eigenvalue weighted by Crippen LogP contribution is 2.46. The lowest BCUT2D eigenvalue weighted by Gasteiger charge is -2.47. The molecule has 5 heterocycles. The number of hydrogen-bond acceptors (Lipinski definition) is 7. The summed E-state index contributed by atoms with van der Waals surface area (Å²) in [4.78, 5) is 9.71. The number of nitrogens with zero attached hydrogens (tertiary/aromatic N) is 6. The van der Waals surface area contributed by atoms with E-state index < -0.39 is 0 Å². The van der Waals surface area contributed by atoms with Crippen LogP contribution in [0.15, 0.2) is 18.6 Å². The van der Waals surface area contributed by atoms with Crippen molar-refractivity contribution in [1.29, 1.82) is 0 Å². The molecule has 1 N–H and O–H groups in total. The number of rotatable bonds is 6. The number of H-pyrrole nitrogens is 1. The molecule has 0 bridgehead atoms. The van der Waals surface area contributed by atoms with Crippen LogP contribution in [-0.4, -0.2) is 54.3 Å². The van der Waals surface area contributed by atoms with Gasteiger partial charge in [0.25, 0.3) is 0 Å². The lowest BCUT2D eigenvalue weighted by atomic mass is 9.79. The number of nitrogens with one attached hydrogen (secondary N) is 1. The molecule has 9 heteroatoms. The van der Waals surface area contributed by atoms with Crippen LogP contribution in [0.5, 0.6) is 0 Å². The zero-order valence-corrected chi connectivity index (χ0v) is 18.5. The third kappa shape index (κ3) is 3.81. The van der Waals surface area contributed by atoms with E-state index in [2.05, 4.69) is 56.5 Å². The average Bonchev–Trinajstić information content (AvgIpc) is 3.50. The molecule has 0 saturated carbocycles. The summed E-state index contributed by atoms with van der Waals surface area (Å²) in [5.41, 5.74) is 2.40. The van der Waals surface area contributed by atoms with Gasteiger partial charge in [-0.3, -0.25) is 14.7 Å². The van der Waals surface area contributed by atoms with Crippen molar-refractivity contribution in [3.8, 4) is 0 Å². The van der Waals surface area contributed by atoms with E-state index in [9.17, 15) is 0 Å². The third-order valence-corrected chi connectivity index (χ3v) is 7.79. The van der Waals surface area contributed by atoms with Crippen molar-refractivity contribution in [2.45, 2.75) is 70.7 Å². The Morgan fingerprint density at radius 1 is 1.40 bits per heavy atom. The Morgan fingerprint density at radius 3 is 3.13 bits per heavy atom. The van der Waals surface area contributed by atoms with Gasteiger partial charge in [-0.25, -0.2) is 4.98 Å². The molecule has 2 aliphatic heterocycles. The number of hydrogen-bond donors (Lipinski definition) is 1. The number of thiophene rings is 1. The second kappa shape index (κ2) is 8.20. The molecule has 1 spiro atoms. The Labute approximate surface area is 180 Å². The molecule has 160 valence electrons. The van der Waals surface area contributed by atoms with E-state index in [1.807, 2.05) is 16.0 Å². The maximum Gasteiger partial charge on any atom is 0.137 e. The first-order valence-corrected chi connectivity index (χ1v) is 11.7. The molecular weight excluding hydrogens is 398 g/mol. The molecule has 3 aromatic rings. The summed E-state index contributed by atoms with van der Waals surface area (Å²) < 4.78 is 8.36. The van der Waals surface area contributed by atoms with Crippen LogP contribution in [-0.2, 0) is 42.7 Å². The number of aromatic amines is 1. The van der Waals surface area contributed by atoms with E-state index in [4.69, 9.17) is 4.74 Å². The standard InChI is InChI=1S/C21H29N7OS/c1-3-17-10-18-19(30-17)5-9-29-21(18)6-8-27(15(2)11-21)12-16-13-28(26-24-16)7-4-20-22-14-23-25-20/h10,13-15H,3-9,11-12H2,1-2H3,(H,22,23,25)/t15-,21+/m0/s1. The minimum atomic E-state index is -0.0951. The highest BCUT2D eigenvalue weighted by molar-refractivity contribution is 7.12. The SMILES string of the molecule is CCc1cc2c(s1)CCO[C@@]21CCN(Cc2cn(CCc3ncn[nH]3)nn2)[C@@H](C)C1. The third-order valence-electron chi connectivity index (χ3n) is 6.45. The number of fused-ring (bicyclic) bond motifs is 2. The van der Waals surface area contributed by atoms with Gasteiger partial charge in [0.1, 0.15) is 12.2 Å². The molecule has 0 radical (unpaired) electrons. The van der Waals surface area contributed by atoms with Crippen LogP contribution in [0.1, 0.15) is 53.5 Å². The molecule has 0 aliphatic carbocycles. The molecule has 0 unspecified atom stereocenters. The Hall–Kier alpha value is -2.10. The predicted octanol–water partition coefficient (Wildman–Crippen LogP) is 2.72. The first kappa shape index (κ1) is 19.8. The van der Waals surface area contributed by atoms with E-state index in [0.29, 0.717) is 6.04 Å². The highest BCUT2D eigenvalue weighted by Gasteiger charge is 2.44. The van der Waals surface area contributed by atoms with Crippen molar-refractivity contribution in [3.63, 3.8) is 0 Å². The summed E-state index contributed by atoms with van der Waals surface area (Å²) >= 11 is 1.99. The van der Waals surface area contributed by atoms with E-state index in [1.54, 1.807) is 4.88 Å². The van der Waals surface area contributed by atoms with E-state index in [1.165, 1.54) is 16.8 Å². The van der Waals surface area contributed by atoms with Gasteiger partial charge in [-0.2, -0.15) is 5.10 Å². The molecule has 0 aromatic carbocycles. The molecule has 5 rings (SSSR count). The first-order chi connectivity index (χ1) is 14.6. The fraction of sp³-hybridized carbons (Fsp3) is 0.619. The summed E-state index contributed by atoms with van der Waals surface area (Å²) in [6.07, 6.45) is 8.62. The molecule has 1 saturated heterocycles. The van der Waals surface area contributed by atoms with Crippen molar-refractivity contribution >= 4 is 11.3 Å². The Kier molecular flexibility index (Phi) is 5.43. The lowest BCUT2D eigenvalue weighted by molar-refractivity contribution is -0.112. The van der Waals surface area contributed by atoms with E-state index in [0.717, 1.165) is 69.9 Å². The molecular formula is C21H29N7OS. The topological polar surface area (TPSA) is 84.8 Å². The van der Waals surface area contributed by atoms with Crippen LogP contribution in [0.25, 0.3) is 0 Å². The lowest BCUT2D eigenvalue weighted by Crippen LogP contribution is -2.50. The van der Waals surface area contributed by atoms with Gasteiger partial charge in [0, 0.05) is 54.5 Å². The largest absolute Gasteiger partial charge is 0.370 e. The monoisotopic (exact) mass is 427 g/mol. The maximum absolute atomic E-state index is 6.47. The maximum atomic E-state index is 6.47. The zero-order chi connectivity index (χ0) is 20.6. The number of likely N-dealkylation sites (tertiary alicyclic amines) is 1. The van der Waals surface area contributed by atoms with Gasteiger partial charge in [0.15, 0.2) is 0 Å². The second-order valence-electron chi connectivity index (χ2n) is 8.42. The van der Waals surface area contributed by atoms with Crippen LogP contribution in [0.3, 0.4) is 0 Å². The van der Waals surface area contributed by atoms with Crippen LogP contribution >= 0.6 is 11.3 Å². The Balaban J connectivity index is 1.23. The van der Waals surface area contributed by atoms with E-state index >= 15 is 0 Å². The zero-order valence-electron chi connectivity index (χ0n) is 17.7. The minimum absolute atomic E-state index is 0.0951.